The minimum atomic E-state index is 0. The molecule has 0 aromatic heterocycles. The molecule has 0 unspecified atom stereocenters. The fourth-order valence-corrected chi connectivity index (χ4v) is 1.37. The topological polar surface area (TPSA) is 69.2 Å². The molecule has 1 aliphatic rings. The third-order valence-corrected chi connectivity index (χ3v) is 2.86. The SMILES string of the molecule is C1=Cc2cc[cH-]c2C=1.CCCC[O-].CCCC[O-].CCCC[O-].[Ti+4]. The van der Waals surface area contributed by atoms with Gasteiger partial charge in [0.1, 0.15) is 0 Å². The van der Waals surface area contributed by atoms with Gasteiger partial charge in [-0.25, -0.2) is 0 Å². The van der Waals surface area contributed by atoms with E-state index in [4.69, 9.17) is 0 Å². The predicted octanol–water partition coefficient (Wildman–Crippen LogP) is 2.48. The molecule has 0 heterocycles. The molecule has 1 aliphatic carbocycles. The van der Waals surface area contributed by atoms with E-state index in [-0.39, 0.29) is 41.5 Å². The van der Waals surface area contributed by atoms with Gasteiger partial charge < -0.3 is 15.3 Å². The van der Waals surface area contributed by atoms with Gasteiger partial charge in [0.25, 0.3) is 0 Å². The maximum atomic E-state index is 9.53. The molecule has 0 aliphatic heterocycles. The molecule has 0 saturated carbocycles. The third kappa shape index (κ3) is 19.5. The van der Waals surface area contributed by atoms with Gasteiger partial charge in [0.05, 0.1) is 0 Å². The Morgan fingerprint density at radius 1 is 0.833 bits per heavy atom. The second-order valence-corrected chi connectivity index (χ2v) is 5.06. The maximum absolute atomic E-state index is 9.53. The minimum absolute atomic E-state index is 0. The average molecular weight is 368 g/mol. The van der Waals surface area contributed by atoms with Gasteiger partial charge in [0, 0.05) is 0 Å². The van der Waals surface area contributed by atoms with Gasteiger partial charge in [0.15, 0.2) is 0 Å². The van der Waals surface area contributed by atoms with E-state index in [2.05, 4.69) is 23.9 Å². The van der Waals surface area contributed by atoms with E-state index in [1.54, 1.807) is 0 Å². The van der Waals surface area contributed by atoms with E-state index in [1.165, 1.54) is 11.1 Å². The molecule has 1 aromatic rings. The Morgan fingerprint density at radius 3 is 1.58 bits per heavy atom. The largest absolute Gasteiger partial charge is 4.00 e. The quantitative estimate of drug-likeness (QED) is 0.447. The van der Waals surface area contributed by atoms with E-state index in [0.717, 1.165) is 38.5 Å². The van der Waals surface area contributed by atoms with Crippen LogP contribution in [0.1, 0.15) is 70.4 Å². The Hall–Kier alpha value is -0.536. The summed E-state index contributed by atoms with van der Waals surface area (Å²) in [5.41, 5.74) is 5.61. The molecule has 1 aromatic carbocycles. The fourth-order valence-electron chi connectivity index (χ4n) is 1.37. The standard InChI is InChI=1S/C8H5.3C4H9O.Ti/c1-3-7-5-2-6-8(7)4-1;3*1-2-3-4-5;/h1,3-6H;3*2-4H2,1H3;/q4*-1;+4. The van der Waals surface area contributed by atoms with Crippen molar-refractivity contribution in [2.45, 2.75) is 59.3 Å². The van der Waals surface area contributed by atoms with Crippen LogP contribution in [0.15, 0.2) is 23.9 Å². The summed E-state index contributed by atoms with van der Waals surface area (Å²) in [5, 5.41) is 28.6. The van der Waals surface area contributed by atoms with E-state index in [9.17, 15) is 15.3 Å². The van der Waals surface area contributed by atoms with Gasteiger partial charge in [-0.2, -0.15) is 17.9 Å². The first-order valence-corrected chi connectivity index (χ1v) is 8.64. The van der Waals surface area contributed by atoms with Crippen molar-refractivity contribution in [1.29, 1.82) is 0 Å². The van der Waals surface area contributed by atoms with Crippen LogP contribution in [-0.2, 0) is 21.7 Å². The zero-order chi connectivity index (χ0) is 17.8. The molecular weight excluding hydrogens is 336 g/mol. The second kappa shape index (κ2) is 24.7. The van der Waals surface area contributed by atoms with Crippen molar-refractivity contribution in [2.24, 2.45) is 0 Å². The molecule has 0 spiro atoms. The fraction of sp³-hybridized carbons (Fsp3) is 0.600. The molecule has 2 rings (SSSR count). The van der Waals surface area contributed by atoms with Crippen LogP contribution in [0.25, 0.3) is 12.2 Å². The number of hydrogen-bond acceptors (Lipinski definition) is 3. The van der Waals surface area contributed by atoms with Crippen molar-refractivity contribution in [2.75, 3.05) is 19.8 Å². The zero-order valence-corrected chi connectivity index (χ0v) is 17.0. The Labute approximate surface area is 163 Å². The summed E-state index contributed by atoms with van der Waals surface area (Å²) in [7, 11) is 0. The van der Waals surface area contributed by atoms with Crippen LogP contribution in [-0.4, -0.2) is 19.8 Å². The van der Waals surface area contributed by atoms with Gasteiger partial charge in [-0.1, -0.05) is 71.4 Å². The Bertz CT molecular complexity index is 351. The Balaban J connectivity index is -0.000000251. The normalized spacial score (nSPS) is 9.42. The summed E-state index contributed by atoms with van der Waals surface area (Å²) in [6.07, 6.45) is 9.58. The predicted molar refractivity (Wildman–Crippen MR) is 93.8 cm³/mol. The molecule has 0 amide bonds. The summed E-state index contributed by atoms with van der Waals surface area (Å²) >= 11 is 0. The first kappa shape index (κ1) is 28.3. The minimum Gasteiger partial charge on any atom is -0.854 e. The molecule has 0 atom stereocenters. The molecule has 0 saturated heterocycles. The summed E-state index contributed by atoms with van der Waals surface area (Å²) in [4.78, 5) is 0. The van der Waals surface area contributed by atoms with E-state index >= 15 is 0 Å². The van der Waals surface area contributed by atoms with Crippen molar-refractivity contribution in [3.05, 3.63) is 35.1 Å². The third-order valence-electron chi connectivity index (χ3n) is 2.86. The van der Waals surface area contributed by atoms with Crippen molar-refractivity contribution in [1.82, 2.24) is 0 Å². The first-order valence-electron chi connectivity index (χ1n) is 8.64. The summed E-state index contributed by atoms with van der Waals surface area (Å²) < 4.78 is 0. The number of hydrogen-bond donors (Lipinski definition) is 0. The summed E-state index contributed by atoms with van der Waals surface area (Å²) in [6.45, 7) is 6.32. The van der Waals surface area contributed by atoms with Crippen LogP contribution in [0.5, 0.6) is 0 Å². The molecule has 0 N–H and O–H groups in total. The Morgan fingerprint density at radius 2 is 1.29 bits per heavy atom. The van der Waals surface area contributed by atoms with Crippen LogP contribution in [0, 0.1) is 0 Å². The summed E-state index contributed by atoms with van der Waals surface area (Å²) in [5.74, 6) is 0. The van der Waals surface area contributed by atoms with E-state index in [0.29, 0.717) is 0 Å². The maximum Gasteiger partial charge on any atom is 4.00 e. The molecule has 134 valence electrons. The van der Waals surface area contributed by atoms with Crippen molar-refractivity contribution >= 4 is 12.2 Å². The van der Waals surface area contributed by atoms with Gasteiger partial charge in [-0.15, -0.1) is 37.0 Å². The van der Waals surface area contributed by atoms with Crippen LogP contribution in [0.4, 0.5) is 0 Å². The molecule has 0 bridgehead atoms. The van der Waals surface area contributed by atoms with Gasteiger partial charge in [-0.3, -0.25) is 0 Å². The Kier molecular flexibility index (Phi) is 29.1. The van der Waals surface area contributed by atoms with Gasteiger partial charge >= 0.3 is 21.7 Å². The molecule has 24 heavy (non-hydrogen) atoms. The number of unbranched alkanes of at least 4 members (excludes halogenated alkanes) is 3. The molecule has 4 heteroatoms. The van der Waals surface area contributed by atoms with E-state index in [1.807, 2.05) is 32.9 Å². The average Bonchev–Trinajstić information content (AvgIpc) is 3.16. The second-order valence-electron chi connectivity index (χ2n) is 5.06. The first-order chi connectivity index (χ1) is 11.2. The van der Waals surface area contributed by atoms with Crippen LogP contribution in [0.3, 0.4) is 0 Å². The monoisotopic (exact) mass is 368 g/mol. The van der Waals surface area contributed by atoms with Gasteiger partial charge in [0.2, 0.25) is 0 Å². The van der Waals surface area contributed by atoms with Crippen LogP contribution >= 0.6 is 0 Å². The van der Waals surface area contributed by atoms with Crippen molar-refractivity contribution in [3.63, 3.8) is 0 Å². The van der Waals surface area contributed by atoms with Crippen molar-refractivity contribution in [3.8, 4) is 0 Å². The molecule has 3 nitrogen and oxygen atoms in total. The van der Waals surface area contributed by atoms with Crippen LogP contribution in [0.2, 0.25) is 0 Å². The summed E-state index contributed by atoms with van der Waals surface area (Å²) in [6, 6.07) is 6.23. The molecule has 0 radical (unpaired) electrons. The van der Waals surface area contributed by atoms with E-state index < -0.39 is 0 Å². The molecule has 0 fully saturated rings. The zero-order valence-electron chi connectivity index (χ0n) is 15.5. The van der Waals surface area contributed by atoms with Crippen LogP contribution < -0.4 is 15.3 Å². The van der Waals surface area contributed by atoms with Gasteiger partial charge in [-0.05, 0) is 0 Å². The smallest absolute Gasteiger partial charge is 0.854 e. The number of fused-ring (bicyclic) bond motifs is 1. The number of rotatable bonds is 6. The van der Waals surface area contributed by atoms with Crippen molar-refractivity contribution < 1.29 is 37.0 Å². The molecular formula is C20H32O3Ti.